The molecule has 1 rings (SSSR count). The van der Waals surface area contributed by atoms with Crippen molar-refractivity contribution in [2.24, 2.45) is 23.5 Å². The fourth-order valence-corrected chi connectivity index (χ4v) is 3.32. The van der Waals surface area contributed by atoms with Crippen molar-refractivity contribution in [2.75, 3.05) is 11.9 Å². The lowest BCUT2D eigenvalue weighted by Gasteiger charge is -2.26. The van der Waals surface area contributed by atoms with Gasteiger partial charge in [0.1, 0.15) is 4.99 Å². The Kier molecular flexibility index (Phi) is 6.27. The third kappa shape index (κ3) is 4.46. The van der Waals surface area contributed by atoms with Crippen LogP contribution in [-0.4, -0.2) is 11.5 Å². The molecule has 2 nitrogen and oxygen atoms in total. The summed E-state index contributed by atoms with van der Waals surface area (Å²) in [5.41, 5.74) is 7.70. The number of rotatable bonds is 6. The van der Waals surface area contributed by atoms with Gasteiger partial charge in [0.05, 0.1) is 0 Å². The maximum absolute atomic E-state index is 5.80. The SMILES string of the molecule is CC(C)C(CNc1cccc(Br)c1C(N)=S)C(C)C. The standard InChI is InChI=1S/C15H23BrN2S/c1-9(2)11(10(3)4)8-18-13-7-5-6-12(16)14(13)15(17)19/h5-7,9-11,18H,8H2,1-4H3,(H2,17,19). The van der Waals surface area contributed by atoms with Crippen LogP contribution in [0.4, 0.5) is 5.69 Å². The Bertz CT molecular complexity index is 436. The van der Waals surface area contributed by atoms with Gasteiger partial charge in [-0.1, -0.05) is 46.0 Å². The Morgan fingerprint density at radius 1 is 1.26 bits per heavy atom. The van der Waals surface area contributed by atoms with Crippen molar-refractivity contribution in [3.63, 3.8) is 0 Å². The summed E-state index contributed by atoms with van der Waals surface area (Å²) < 4.78 is 0.940. The Hall–Kier alpha value is -0.610. The molecule has 19 heavy (non-hydrogen) atoms. The highest BCUT2D eigenvalue weighted by Crippen LogP contribution is 2.27. The maximum Gasteiger partial charge on any atom is 0.107 e. The van der Waals surface area contributed by atoms with Crippen LogP contribution in [0.15, 0.2) is 22.7 Å². The molecule has 3 N–H and O–H groups in total. The number of benzene rings is 1. The minimum atomic E-state index is 0.417. The van der Waals surface area contributed by atoms with E-state index in [1.165, 1.54) is 0 Å². The monoisotopic (exact) mass is 342 g/mol. The van der Waals surface area contributed by atoms with Crippen molar-refractivity contribution >= 4 is 38.8 Å². The summed E-state index contributed by atoms with van der Waals surface area (Å²) in [5.74, 6) is 1.92. The molecule has 0 unspecified atom stereocenters. The summed E-state index contributed by atoms with van der Waals surface area (Å²) in [4.78, 5) is 0.417. The van der Waals surface area contributed by atoms with Crippen LogP contribution in [0.5, 0.6) is 0 Å². The van der Waals surface area contributed by atoms with Crippen molar-refractivity contribution in [3.05, 3.63) is 28.2 Å². The van der Waals surface area contributed by atoms with E-state index in [0.29, 0.717) is 22.7 Å². The van der Waals surface area contributed by atoms with Crippen LogP contribution in [0.25, 0.3) is 0 Å². The van der Waals surface area contributed by atoms with E-state index in [1.807, 2.05) is 18.2 Å². The third-order valence-electron chi connectivity index (χ3n) is 3.50. The van der Waals surface area contributed by atoms with Gasteiger partial charge in [0.15, 0.2) is 0 Å². The largest absolute Gasteiger partial charge is 0.389 e. The summed E-state index contributed by atoms with van der Waals surface area (Å²) in [6.45, 7) is 9.99. The summed E-state index contributed by atoms with van der Waals surface area (Å²) in [5, 5.41) is 3.50. The van der Waals surface area contributed by atoms with E-state index < -0.39 is 0 Å². The molecular formula is C15H23BrN2S. The zero-order valence-electron chi connectivity index (χ0n) is 12.0. The third-order valence-corrected chi connectivity index (χ3v) is 4.37. The van der Waals surface area contributed by atoms with E-state index in [9.17, 15) is 0 Å². The first-order chi connectivity index (χ1) is 8.84. The van der Waals surface area contributed by atoms with Crippen LogP contribution < -0.4 is 11.1 Å². The van der Waals surface area contributed by atoms with Gasteiger partial charge in [-0.15, -0.1) is 0 Å². The van der Waals surface area contributed by atoms with Crippen molar-refractivity contribution < 1.29 is 0 Å². The van der Waals surface area contributed by atoms with Gasteiger partial charge in [-0.05, 0) is 45.8 Å². The summed E-state index contributed by atoms with van der Waals surface area (Å²) in [6.07, 6.45) is 0. The van der Waals surface area contributed by atoms with Crippen LogP contribution in [0.3, 0.4) is 0 Å². The predicted octanol–water partition coefficient (Wildman–Crippen LogP) is 4.42. The minimum Gasteiger partial charge on any atom is -0.389 e. The van der Waals surface area contributed by atoms with E-state index >= 15 is 0 Å². The first-order valence-electron chi connectivity index (χ1n) is 6.66. The number of halogens is 1. The van der Waals surface area contributed by atoms with Gasteiger partial charge in [0.2, 0.25) is 0 Å². The molecule has 0 aliphatic carbocycles. The van der Waals surface area contributed by atoms with E-state index in [-0.39, 0.29) is 0 Å². The van der Waals surface area contributed by atoms with Gasteiger partial charge in [0.25, 0.3) is 0 Å². The molecule has 0 amide bonds. The Morgan fingerprint density at radius 3 is 2.32 bits per heavy atom. The van der Waals surface area contributed by atoms with Crippen LogP contribution >= 0.6 is 28.1 Å². The smallest absolute Gasteiger partial charge is 0.107 e. The number of hydrogen-bond donors (Lipinski definition) is 2. The fraction of sp³-hybridized carbons (Fsp3) is 0.533. The zero-order chi connectivity index (χ0) is 14.6. The lowest BCUT2D eigenvalue weighted by molar-refractivity contribution is 0.304. The molecular weight excluding hydrogens is 320 g/mol. The average molecular weight is 343 g/mol. The van der Waals surface area contributed by atoms with Crippen molar-refractivity contribution in [1.29, 1.82) is 0 Å². The van der Waals surface area contributed by atoms with Crippen LogP contribution in [0.1, 0.15) is 33.3 Å². The first-order valence-corrected chi connectivity index (χ1v) is 7.86. The highest BCUT2D eigenvalue weighted by atomic mass is 79.9. The molecule has 1 aromatic carbocycles. The van der Waals surface area contributed by atoms with Crippen LogP contribution in [-0.2, 0) is 0 Å². The Morgan fingerprint density at radius 2 is 1.84 bits per heavy atom. The highest BCUT2D eigenvalue weighted by Gasteiger charge is 2.18. The first kappa shape index (κ1) is 16.4. The van der Waals surface area contributed by atoms with Gasteiger partial charge in [-0.25, -0.2) is 0 Å². The number of thiocarbonyl (C=S) groups is 1. The quantitative estimate of drug-likeness (QED) is 0.751. The zero-order valence-corrected chi connectivity index (χ0v) is 14.4. The number of nitrogens with two attached hydrogens (primary N) is 1. The van der Waals surface area contributed by atoms with E-state index in [4.69, 9.17) is 18.0 Å². The van der Waals surface area contributed by atoms with Crippen molar-refractivity contribution in [2.45, 2.75) is 27.7 Å². The number of nitrogens with one attached hydrogen (secondary N) is 1. The molecule has 0 aliphatic rings. The lowest BCUT2D eigenvalue weighted by atomic mass is 9.85. The second kappa shape index (κ2) is 7.25. The number of anilines is 1. The molecule has 0 saturated carbocycles. The molecule has 0 atom stereocenters. The molecule has 106 valence electrons. The molecule has 4 heteroatoms. The van der Waals surface area contributed by atoms with Crippen LogP contribution in [0, 0.1) is 17.8 Å². The molecule has 0 aromatic heterocycles. The fourth-order valence-electron chi connectivity index (χ4n) is 2.39. The predicted molar refractivity (Wildman–Crippen MR) is 91.7 cm³/mol. The summed E-state index contributed by atoms with van der Waals surface area (Å²) >= 11 is 8.63. The van der Waals surface area contributed by atoms with Gasteiger partial charge in [-0.2, -0.15) is 0 Å². The second-order valence-corrected chi connectivity index (χ2v) is 6.85. The average Bonchev–Trinajstić information content (AvgIpc) is 2.27. The molecule has 0 saturated heterocycles. The molecule has 0 aliphatic heterocycles. The molecule has 0 spiro atoms. The van der Waals surface area contributed by atoms with Crippen molar-refractivity contribution in [3.8, 4) is 0 Å². The number of hydrogen-bond acceptors (Lipinski definition) is 2. The topological polar surface area (TPSA) is 38.0 Å². The van der Waals surface area contributed by atoms with Gasteiger partial charge in [-0.3, -0.25) is 0 Å². The van der Waals surface area contributed by atoms with E-state index in [0.717, 1.165) is 22.3 Å². The van der Waals surface area contributed by atoms with E-state index in [1.54, 1.807) is 0 Å². The Balaban J connectivity index is 2.88. The molecule has 1 aromatic rings. The lowest BCUT2D eigenvalue weighted by Crippen LogP contribution is -2.25. The van der Waals surface area contributed by atoms with Gasteiger partial charge < -0.3 is 11.1 Å². The molecule has 0 radical (unpaired) electrons. The second-order valence-electron chi connectivity index (χ2n) is 5.56. The van der Waals surface area contributed by atoms with Crippen LogP contribution in [0.2, 0.25) is 0 Å². The molecule has 0 fully saturated rings. The van der Waals surface area contributed by atoms with Gasteiger partial charge >= 0.3 is 0 Å². The minimum absolute atomic E-state index is 0.417. The molecule has 0 bridgehead atoms. The van der Waals surface area contributed by atoms with Gasteiger partial charge in [0, 0.05) is 22.3 Å². The highest BCUT2D eigenvalue weighted by molar-refractivity contribution is 9.10. The Labute approximate surface area is 130 Å². The maximum atomic E-state index is 5.80. The molecule has 0 heterocycles. The van der Waals surface area contributed by atoms with Crippen molar-refractivity contribution in [1.82, 2.24) is 0 Å². The normalized spacial score (nSPS) is 11.4. The summed E-state index contributed by atoms with van der Waals surface area (Å²) in [7, 11) is 0. The summed E-state index contributed by atoms with van der Waals surface area (Å²) in [6, 6.07) is 5.98. The van der Waals surface area contributed by atoms with E-state index in [2.05, 4.69) is 48.9 Å².